The summed E-state index contributed by atoms with van der Waals surface area (Å²) in [6, 6.07) is 53.3. The van der Waals surface area contributed by atoms with Gasteiger partial charge in [-0.2, -0.15) is 12.1 Å². The van der Waals surface area contributed by atoms with Crippen molar-refractivity contribution >= 4 is 11.8 Å². The first-order valence-electron chi connectivity index (χ1n) is 15.7. The number of nitrogens with zero attached hydrogens (tertiary/aromatic N) is 2. The Labute approximate surface area is 300 Å². The fourth-order valence-electron chi connectivity index (χ4n) is 6.80. The van der Waals surface area contributed by atoms with Gasteiger partial charge in [0.2, 0.25) is 0 Å². The normalized spacial score (nSPS) is 12.7. The molecule has 0 bridgehead atoms. The van der Waals surface area contributed by atoms with Gasteiger partial charge >= 0.3 is 21.1 Å². The smallest absolute Gasteiger partial charge is 0.503 e. The first-order valence-corrected chi connectivity index (χ1v) is 16.5. The number of benzene rings is 5. The average Bonchev–Trinajstić information content (AvgIpc) is 3.11. The van der Waals surface area contributed by atoms with Gasteiger partial charge in [0.1, 0.15) is 0 Å². The van der Waals surface area contributed by atoms with Crippen molar-refractivity contribution in [1.29, 1.82) is 0 Å². The minimum atomic E-state index is -0.692. The third-order valence-electron chi connectivity index (χ3n) is 8.80. The summed E-state index contributed by atoms with van der Waals surface area (Å²) in [6.07, 6.45) is 3.68. The molecule has 0 N–H and O–H groups in total. The van der Waals surface area contributed by atoms with Gasteiger partial charge in [-0.3, -0.25) is 4.98 Å². The molecule has 1 aliphatic rings. The third kappa shape index (κ3) is 5.60. The molecular weight excluding hydrogens is 788 g/mol. The fraction of sp³-hybridized carbons (Fsp3) is 0.0698. The van der Waals surface area contributed by atoms with Crippen LogP contribution in [-0.2, 0) is 26.5 Å². The van der Waals surface area contributed by atoms with Crippen LogP contribution in [0.4, 0.5) is 0 Å². The van der Waals surface area contributed by atoms with E-state index in [1.165, 1.54) is 37.6 Å². The van der Waals surface area contributed by atoms with E-state index < -0.39 is 5.41 Å². The van der Waals surface area contributed by atoms with Crippen LogP contribution in [0, 0.1) is 26.0 Å². The van der Waals surface area contributed by atoms with Gasteiger partial charge in [0.25, 0.3) is 0 Å². The standard InChI is InChI=1S/C43H30N2OS.Pt/c1-29-13-11-14-30(2)42(29)32-25-31(38-19-7-9-23-44-38)26-35(27-32)46-34-16-12-15-33(28-34)43(41-22-8-10-24-45-41)36-17-3-5-20-39(36)47-40-21-6-4-18-37(40)43;/h3-25,27H,1-2H3;/q-2;+2. The van der Waals surface area contributed by atoms with E-state index in [-0.39, 0.29) is 21.1 Å². The first-order chi connectivity index (χ1) is 23.1. The summed E-state index contributed by atoms with van der Waals surface area (Å²) in [5, 5.41) is 0. The van der Waals surface area contributed by atoms with Crippen molar-refractivity contribution in [3.05, 3.63) is 191 Å². The van der Waals surface area contributed by atoms with E-state index in [2.05, 4.69) is 128 Å². The Kier molecular flexibility index (Phi) is 8.88. The number of hydrogen-bond acceptors (Lipinski definition) is 4. The molecule has 1 aliphatic heterocycles. The van der Waals surface area contributed by atoms with Crippen molar-refractivity contribution in [3.63, 3.8) is 0 Å². The molecule has 0 fully saturated rings. The molecule has 0 saturated carbocycles. The van der Waals surface area contributed by atoms with Crippen LogP contribution >= 0.6 is 11.8 Å². The zero-order valence-electron chi connectivity index (χ0n) is 26.4. The molecule has 0 amide bonds. The van der Waals surface area contributed by atoms with Gasteiger partial charge in [-0.25, -0.2) is 0 Å². The number of rotatable bonds is 6. The number of aryl methyl sites for hydroxylation is 2. The first kappa shape index (κ1) is 31.8. The Bertz CT molecular complexity index is 2170. The van der Waals surface area contributed by atoms with E-state index in [0.29, 0.717) is 11.5 Å². The molecule has 48 heavy (non-hydrogen) atoms. The van der Waals surface area contributed by atoms with E-state index >= 15 is 0 Å². The number of pyridine rings is 2. The number of aromatic nitrogens is 2. The molecule has 5 heteroatoms. The number of fused-ring (bicyclic) bond motifs is 2. The summed E-state index contributed by atoms with van der Waals surface area (Å²) in [6.45, 7) is 4.29. The van der Waals surface area contributed by atoms with Crippen molar-refractivity contribution in [2.75, 3.05) is 0 Å². The van der Waals surface area contributed by atoms with Crippen molar-refractivity contribution in [2.45, 2.75) is 29.1 Å². The molecule has 7 aromatic rings. The van der Waals surface area contributed by atoms with Crippen molar-refractivity contribution in [1.82, 2.24) is 9.97 Å². The molecule has 8 rings (SSSR count). The Morgan fingerprint density at radius 1 is 0.604 bits per heavy atom. The zero-order valence-corrected chi connectivity index (χ0v) is 29.5. The van der Waals surface area contributed by atoms with Crippen LogP contribution in [0.1, 0.15) is 33.5 Å². The van der Waals surface area contributed by atoms with Crippen molar-refractivity contribution < 1.29 is 25.8 Å². The van der Waals surface area contributed by atoms with E-state index in [4.69, 9.17) is 9.72 Å². The minimum absolute atomic E-state index is 0. The molecule has 0 atom stereocenters. The van der Waals surface area contributed by atoms with E-state index in [0.717, 1.165) is 28.1 Å². The van der Waals surface area contributed by atoms with E-state index in [9.17, 15) is 0 Å². The van der Waals surface area contributed by atoms with E-state index in [1.807, 2.05) is 48.8 Å². The molecule has 0 spiro atoms. The predicted molar refractivity (Wildman–Crippen MR) is 189 cm³/mol. The molecule has 3 heterocycles. The third-order valence-corrected chi connectivity index (χ3v) is 9.95. The molecule has 0 unspecified atom stereocenters. The zero-order chi connectivity index (χ0) is 31.8. The second kappa shape index (κ2) is 13.4. The summed E-state index contributed by atoms with van der Waals surface area (Å²) in [5.41, 5.74) is 9.92. The summed E-state index contributed by atoms with van der Waals surface area (Å²) in [7, 11) is 0. The Morgan fingerprint density at radius 3 is 1.92 bits per heavy atom. The van der Waals surface area contributed by atoms with Gasteiger partial charge < -0.3 is 9.72 Å². The van der Waals surface area contributed by atoms with Gasteiger partial charge in [-0.1, -0.05) is 102 Å². The Balaban J connectivity index is 0.00000364. The summed E-state index contributed by atoms with van der Waals surface area (Å²) < 4.78 is 6.71. The molecule has 0 aliphatic carbocycles. The average molecular weight is 818 g/mol. The van der Waals surface area contributed by atoms with Gasteiger partial charge in [-0.15, -0.1) is 29.3 Å². The van der Waals surface area contributed by atoms with Crippen molar-refractivity contribution in [2.24, 2.45) is 0 Å². The minimum Gasteiger partial charge on any atom is -0.503 e. The van der Waals surface area contributed by atoms with Gasteiger partial charge in [-0.05, 0) is 77.7 Å². The molecule has 2 aromatic heterocycles. The topological polar surface area (TPSA) is 35.0 Å². The van der Waals surface area contributed by atoms with E-state index in [1.54, 1.807) is 11.8 Å². The number of ether oxygens (including phenoxy) is 1. The van der Waals surface area contributed by atoms with Crippen molar-refractivity contribution in [3.8, 4) is 33.9 Å². The summed E-state index contributed by atoms with van der Waals surface area (Å²) in [5.74, 6) is 1.21. The second-order valence-corrected chi connectivity index (χ2v) is 12.8. The monoisotopic (exact) mass is 817 g/mol. The predicted octanol–water partition coefficient (Wildman–Crippen LogP) is 10.7. The Hall–Kier alpha value is -4.76. The summed E-state index contributed by atoms with van der Waals surface area (Å²) in [4.78, 5) is 12.0. The van der Waals surface area contributed by atoms with Crippen LogP contribution in [0.5, 0.6) is 11.5 Å². The molecule has 234 valence electrons. The molecular formula is C43H30N2OPtS. The van der Waals surface area contributed by atoms with Crippen LogP contribution < -0.4 is 4.74 Å². The quantitative estimate of drug-likeness (QED) is 0.157. The number of hydrogen-bond donors (Lipinski definition) is 0. The fourth-order valence-corrected chi connectivity index (χ4v) is 7.99. The van der Waals surface area contributed by atoms with Gasteiger partial charge in [0.15, 0.2) is 0 Å². The largest absolute Gasteiger partial charge is 2.00 e. The molecule has 3 nitrogen and oxygen atoms in total. The maximum absolute atomic E-state index is 6.71. The molecule has 5 aromatic carbocycles. The Morgan fingerprint density at radius 2 is 1.25 bits per heavy atom. The maximum Gasteiger partial charge on any atom is 2.00 e. The summed E-state index contributed by atoms with van der Waals surface area (Å²) >= 11 is 1.80. The van der Waals surface area contributed by atoms with Crippen LogP contribution in [-0.4, -0.2) is 9.97 Å². The van der Waals surface area contributed by atoms with Crippen LogP contribution in [0.15, 0.2) is 156 Å². The van der Waals surface area contributed by atoms with Crippen LogP contribution in [0.2, 0.25) is 0 Å². The molecule has 0 radical (unpaired) electrons. The van der Waals surface area contributed by atoms with Gasteiger partial charge in [0, 0.05) is 33.7 Å². The SMILES string of the molecule is Cc1cccc(C)c1-c1cc(Oc2[c-]c(C3(c4ccccn4)c4ccccc4Sc4ccccc43)ccc2)[c-]c(-c2ccccn2)c1.[Pt+2]. The second-order valence-electron chi connectivity index (χ2n) is 11.7. The van der Waals surface area contributed by atoms with Crippen LogP contribution in [0.3, 0.4) is 0 Å². The maximum atomic E-state index is 6.71. The molecule has 0 saturated heterocycles. The van der Waals surface area contributed by atoms with Crippen LogP contribution in [0.25, 0.3) is 22.4 Å². The van der Waals surface area contributed by atoms with Gasteiger partial charge in [0.05, 0.1) is 11.1 Å².